The normalized spacial score (nSPS) is 10.8. The average Bonchev–Trinajstić information content (AvgIpc) is 3.01. The van der Waals surface area contributed by atoms with Crippen LogP contribution in [0.2, 0.25) is 0 Å². The Bertz CT molecular complexity index is 876. The van der Waals surface area contributed by atoms with Crippen LogP contribution in [-0.4, -0.2) is 22.5 Å². The lowest BCUT2D eigenvalue weighted by Crippen LogP contribution is -2.25. The monoisotopic (exact) mass is 341 g/mol. The summed E-state index contributed by atoms with van der Waals surface area (Å²) in [6, 6.07) is 8.18. The van der Waals surface area contributed by atoms with Crippen molar-refractivity contribution in [1.29, 1.82) is 0 Å². The molecule has 3 rings (SSSR count). The second-order valence-corrected chi connectivity index (χ2v) is 5.77. The third-order valence-electron chi connectivity index (χ3n) is 3.85. The largest absolute Gasteiger partial charge is 0.477 e. The van der Waals surface area contributed by atoms with Gasteiger partial charge < -0.3 is 15.0 Å². The molecule has 2 heterocycles. The Hall–Kier alpha value is -2.89. The minimum absolute atomic E-state index is 0.143. The van der Waals surface area contributed by atoms with Crippen LogP contribution in [0.15, 0.2) is 42.7 Å². The Morgan fingerprint density at radius 1 is 1.32 bits per heavy atom. The van der Waals surface area contributed by atoms with E-state index in [2.05, 4.69) is 15.3 Å². The molecule has 0 fully saturated rings. The zero-order valence-corrected chi connectivity index (χ0v) is 14.0. The van der Waals surface area contributed by atoms with E-state index in [1.54, 1.807) is 18.5 Å². The smallest absolute Gasteiger partial charge is 0.224 e. The van der Waals surface area contributed by atoms with Crippen LogP contribution in [0.5, 0.6) is 5.88 Å². The molecule has 130 valence electrons. The Labute approximate surface area is 145 Å². The SMILES string of the molecule is CCCOc1ncccc1CNC(=O)Cc1c[nH]c2ccc(F)cc12. The first-order valence-corrected chi connectivity index (χ1v) is 8.26. The number of amides is 1. The van der Waals surface area contributed by atoms with Crippen LogP contribution in [0.1, 0.15) is 24.5 Å². The fraction of sp³-hybridized carbons (Fsp3) is 0.263. The van der Waals surface area contributed by atoms with Gasteiger partial charge >= 0.3 is 0 Å². The molecule has 0 aliphatic carbocycles. The van der Waals surface area contributed by atoms with Gasteiger partial charge in [0.1, 0.15) is 5.82 Å². The van der Waals surface area contributed by atoms with E-state index >= 15 is 0 Å². The summed E-state index contributed by atoms with van der Waals surface area (Å²) in [5.41, 5.74) is 2.40. The summed E-state index contributed by atoms with van der Waals surface area (Å²) < 4.78 is 19.0. The van der Waals surface area contributed by atoms with E-state index in [0.29, 0.717) is 19.0 Å². The molecule has 0 bridgehead atoms. The summed E-state index contributed by atoms with van der Waals surface area (Å²) in [6.45, 7) is 2.94. The second-order valence-electron chi connectivity index (χ2n) is 5.77. The van der Waals surface area contributed by atoms with Crippen LogP contribution in [0.25, 0.3) is 10.9 Å². The first kappa shape index (κ1) is 17.0. The lowest BCUT2D eigenvalue weighted by molar-refractivity contribution is -0.120. The van der Waals surface area contributed by atoms with Crippen LogP contribution >= 0.6 is 0 Å². The number of rotatable bonds is 7. The fourth-order valence-electron chi connectivity index (χ4n) is 2.61. The van der Waals surface area contributed by atoms with Crippen LogP contribution < -0.4 is 10.1 Å². The topological polar surface area (TPSA) is 67.0 Å². The molecule has 3 aromatic rings. The van der Waals surface area contributed by atoms with Crippen LogP contribution in [0, 0.1) is 5.82 Å². The van der Waals surface area contributed by atoms with Crippen molar-refractivity contribution in [2.75, 3.05) is 6.61 Å². The summed E-state index contributed by atoms with van der Waals surface area (Å²) in [5.74, 6) is 0.0797. The summed E-state index contributed by atoms with van der Waals surface area (Å²) in [6.07, 6.45) is 4.47. The zero-order valence-electron chi connectivity index (χ0n) is 14.0. The van der Waals surface area contributed by atoms with Gasteiger partial charge in [0.05, 0.1) is 13.0 Å². The van der Waals surface area contributed by atoms with E-state index in [0.717, 1.165) is 28.5 Å². The van der Waals surface area contributed by atoms with E-state index in [4.69, 9.17) is 4.74 Å². The third kappa shape index (κ3) is 4.15. The molecule has 0 saturated carbocycles. The van der Waals surface area contributed by atoms with E-state index in [9.17, 15) is 9.18 Å². The number of fused-ring (bicyclic) bond motifs is 1. The number of nitrogens with one attached hydrogen (secondary N) is 2. The molecule has 0 aliphatic rings. The van der Waals surface area contributed by atoms with E-state index in [1.165, 1.54) is 12.1 Å². The highest BCUT2D eigenvalue weighted by Crippen LogP contribution is 2.20. The number of carbonyl (C=O) groups is 1. The van der Waals surface area contributed by atoms with Gasteiger partial charge in [0, 0.05) is 35.4 Å². The standard InChI is InChI=1S/C19H20FN3O2/c1-2-8-25-19-13(4-3-7-21-19)11-23-18(24)9-14-12-22-17-6-5-15(20)10-16(14)17/h3-7,10,12,22H,2,8-9,11H2,1H3,(H,23,24). The predicted molar refractivity (Wildman–Crippen MR) is 93.8 cm³/mol. The van der Waals surface area contributed by atoms with Crippen molar-refractivity contribution in [1.82, 2.24) is 15.3 Å². The molecule has 2 aromatic heterocycles. The molecule has 0 saturated heterocycles. The number of hydrogen-bond donors (Lipinski definition) is 2. The molecular weight excluding hydrogens is 321 g/mol. The molecule has 6 heteroatoms. The van der Waals surface area contributed by atoms with E-state index < -0.39 is 0 Å². The molecule has 0 aliphatic heterocycles. The number of H-pyrrole nitrogens is 1. The Kier molecular flexibility index (Phi) is 5.28. The summed E-state index contributed by atoms with van der Waals surface area (Å²) in [4.78, 5) is 19.5. The van der Waals surface area contributed by atoms with Gasteiger partial charge in [-0.2, -0.15) is 0 Å². The predicted octanol–water partition coefficient (Wildman–Crippen LogP) is 3.35. The molecule has 1 aromatic carbocycles. The molecule has 0 spiro atoms. The van der Waals surface area contributed by atoms with Gasteiger partial charge in [-0.25, -0.2) is 9.37 Å². The highest BCUT2D eigenvalue weighted by atomic mass is 19.1. The summed E-state index contributed by atoms with van der Waals surface area (Å²) in [5, 5.41) is 3.59. The van der Waals surface area contributed by atoms with Gasteiger partial charge in [0.25, 0.3) is 0 Å². The van der Waals surface area contributed by atoms with Gasteiger partial charge in [0.15, 0.2) is 0 Å². The zero-order chi connectivity index (χ0) is 17.6. The Balaban J connectivity index is 1.64. The number of aromatic nitrogens is 2. The third-order valence-corrected chi connectivity index (χ3v) is 3.85. The van der Waals surface area contributed by atoms with Crippen molar-refractivity contribution in [2.45, 2.75) is 26.3 Å². The summed E-state index contributed by atoms with van der Waals surface area (Å²) >= 11 is 0. The van der Waals surface area contributed by atoms with Gasteiger partial charge in [-0.15, -0.1) is 0 Å². The van der Waals surface area contributed by atoms with Crippen LogP contribution in [0.3, 0.4) is 0 Å². The number of benzene rings is 1. The van der Waals surface area contributed by atoms with Crippen molar-refractivity contribution >= 4 is 16.8 Å². The number of pyridine rings is 1. The van der Waals surface area contributed by atoms with Gasteiger partial charge in [-0.3, -0.25) is 4.79 Å². The number of carbonyl (C=O) groups excluding carboxylic acids is 1. The lowest BCUT2D eigenvalue weighted by atomic mass is 10.1. The number of nitrogens with zero attached hydrogens (tertiary/aromatic N) is 1. The quantitative estimate of drug-likeness (QED) is 0.692. The van der Waals surface area contributed by atoms with E-state index in [1.807, 2.05) is 19.1 Å². The maximum Gasteiger partial charge on any atom is 0.224 e. The first-order valence-electron chi connectivity index (χ1n) is 8.26. The Morgan fingerprint density at radius 2 is 2.20 bits per heavy atom. The molecule has 0 unspecified atom stereocenters. The highest BCUT2D eigenvalue weighted by molar-refractivity contribution is 5.88. The molecule has 0 radical (unpaired) electrons. The highest BCUT2D eigenvalue weighted by Gasteiger charge is 2.11. The van der Waals surface area contributed by atoms with Crippen molar-refractivity contribution < 1.29 is 13.9 Å². The molecule has 1 amide bonds. The van der Waals surface area contributed by atoms with Gasteiger partial charge in [-0.1, -0.05) is 13.0 Å². The molecule has 0 atom stereocenters. The van der Waals surface area contributed by atoms with Gasteiger partial charge in [-0.05, 0) is 36.2 Å². The Morgan fingerprint density at radius 3 is 3.04 bits per heavy atom. The fourth-order valence-corrected chi connectivity index (χ4v) is 2.61. The average molecular weight is 341 g/mol. The molecular formula is C19H20FN3O2. The van der Waals surface area contributed by atoms with Crippen LogP contribution in [0.4, 0.5) is 4.39 Å². The molecule has 25 heavy (non-hydrogen) atoms. The number of hydrogen-bond acceptors (Lipinski definition) is 3. The second kappa shape index (κ2) is 7.79. The van der Waals surface area contributed by atoms with Crippen LogP contribution in [-0.2, 0) is 17.8 Å². The minimum Gasteiger partial charge on any atom is -0.477 e. The van der Waals surface area contributed by atoms with E-state index in [-0.39, 0.29) is 18.1 Å². The lowest BCUT2D eigenvalue weighted by Gasteiger charge is -2.10. The number of halogens is 1. The van der Waals surface area contributed by atoms with Crippen molar-refractivity contribution in [2.24, 2.45) is 0 Å². The van der Waals surface area contributed by atoms with Crippen molar-refractivity contribution in [3.8, 4) is 5.88 Å². The maximum absolute atomic E-state index is 13.4. The summed E-state index contributed by atoms with van der Waals surface area (Å²) in [7, 11) is 0. The number of aromatic amines is 1. The molecule has 2 N–H and O–H groups in total. The number of ether oxygens (including phenoxy) is 1. The van der Waals surface area contributed by atoms with Crippen molar-refractivity contribution in [3.63, 3.8) is 0 Å². The minimum atomic E-state index is -0.318. The van der Waals surface area contributed by atoms with Gasteiger partial charge in [0.2, 0.25) is 11.8 Å². The maximum atomic E-state index is 13.4. The first-order chi connectivity index (χ1) is 12.2. The molecule has 5 nitrogen and oxygen atoms in total. The van der Waals surface area contributed by atoms with Crippen molar-refractivity contribution in [3.05, 3.63) is 59.7 Å².